The van der Waals surface area contributed by atoms with Crippen LogP contribution in [0.25, 0.3) is 0 Å². The quantitative estimate of drug-likeness (QED) is 0.634. The third-order valence-electron chi connectivity index (χ3n) is 5.20. The van der Waals surface area contributed by atoms with E-state index in [0.717, 1.165) is 32.4 Å². The van der Waals surface area contributed by atoms with Gasteiger partial charge in [-0.2, -0.15) is 0 Å². The Balaban J connectivity index is 1.61. The van der Waals surface area contributed by atoms with Crippen molar-refractivity contribution in [3.8, 4) is 11.5 Å². The fourth-order valence-corrected chi connectivity index (χ4v) is 3.75. The maximum absolute atomic E-state index is 12.7. The van der Waals surface area contributed by atoms with Crippen molar-refractivity contribution in [3.63, 3.8) is 0 Å². The number of nitrogens with one attached hydrogen (secondary N) is 1. The molecule has 1 fully saturated rings. The van der Waals surface area contributed by atoms with Crippen LogP contribution in [0.15, 0.2) is 6.07 Å². The summed E-state index contributed by atoms with van der Waals surface area (Å²) in [6.45, 7) is 5.89. The number of nitrogens with two attached hydrogens (primary N) is 1. The van der Waals surface area contributed by atoms with Crippen LogP contribution in [0.5, 0.6) is 11.5 Å². The second-order valence-corrected chi connectivity index (χ2v) is 7.56. The molecule has 0 aromatic heterocycles. The van der Waals surface area contributed by atoms with E-state index < -0.39 is 6.10 Å². The number of hydrogen-bond acceptors (Lipinski definition) is 6. The summed E-state index contributed by atoms with van der Waals surface area (Å²) in [7, 11) is 0. The second kappa shape index (κ2) is 8.99. The molecule has 1 aromatic carbocycles. The van der Waals surface area contributed by atoms with Crippen molar-refractivity contribution in [1.29, 1.82) is 0 Å². The highest BCUT2D eigenvalue weighted by Gasteiger charge is 2.29. The fraction of sp³-hybridized carbons (Fsp3) is 0.632. The van der Waals surface area contributed by atoms with Gasteiger partial charge in [-0.1, -0.05) is 24.9 Å². The van der Waals surface area contributed by atoms with Gasteiger partial charge in [0.15, 0.2) is 11.5 Å². The lowest BCUT2D eigenvalue weighted by atomic mass is 9.93. The van der Waals surface area contributed by atoms with Crippen molar-refractivity contribution in [3.05, 3.63) is 16.7 Å². The number of carbonyl (C=O) groups excluding carboxylic acids is 1. The minimum atomic E-state index is -0.445. The van der Waals surface area contributed by atoms with E-state index in [1.54, 1.807) is 0 Å². The summed E-state index contributed by atoms with van der Waals surface area (Å²) in [5, 5.41) is 13.6. The average molecular weight is 398 g/mol. The summed E-state index contributed by atoms with van der Waals surface area (Å²) in [4.78, 5) is 15.0. The number of likely N-dealkylation sites (tertiary alicyclic amines) is 1. The highest BCUT2D eigenvalue weighted by molar-refractivity contribution is 6.34. The van der Waals surface area contributed by atoms with Gasteiger partial charge >= 0.3 is 0 Å². The molecule has 0 spiro atoms. The first-order valence-electron chi connectivity index (χ1n) is 9.57. The van der Waals surface area contributed by atoms with Crippen molar-refractivity contribution >= 4 is 23.2 Å². The summed E-state index contributed by atoms with van der Waals surface area (Å²) >= 11 is 6.14. The molecule has 3 rings (SSSR count). The lowest BCUT2D eigenvalue weighted by molar-refractivity contribution is 0.0217. The molecule has 4 N–H and O–H groups in total. The number of unbranched alkanes of at least 4 members (excludes halogenated alkanes) is 1. The maximum atomic E-state index is 12.7. The molecule has 8 heteroatoms. The molecule has 0 aliphatic carbocycles. The molecule has 2 atom stereocenters. The summed E-state index contributed by atoms with van der Waals surface area (Å²) in [6, 6.07) is 1.50. The van der Waals surface area contributed by atoms with E-state index in [-0.39, 0.29) is 22.5 Å². The van der Waals surface area contributed by atoms with Gasteiger partial charge in [-0.25, -0.2) is 0 Å². The van der Waals surface area contributed by atoms with Crippen LogP contribution in [0.1, 0.15) is 36.5 Å². The van der Waals surface area contributed by atoms with E-state index in [9.17, 15) is 9.90 Å². The molecule has 0 saturated carbocycles. The number of amides is 1. The normalized spacial score (nSPS) is 22.5. The molecule has 0 bridgehead atoms. The summed E-state index contributed by atoms with van der Waals surface area (Å²) in [5.74, 6) is 0.377. The molecule has 1 saturated heterocycles. The van der Waals surface area contributed by atoms with Gasteiger partial charge in [0.05, 0.1) is 22.4 Å². The minimum absolute atomic E-state index is 0.0316. The van der Waals surface area contributed by atoms with E-state index in [1.807, 2.05) is 0 Å². The number of halogens is 1. The first-order chi connectivity index (χ1) is 13.0. The van der Waals surface area contributed by atoms with Gasteiger partial charge in [0.2, 0.25) is 0 Å². The largest absolute Gasteiger partial charge is 0.485 e. The first kappa shape index (κ1) is 20.0. The fourth-order valence-electron chi connectivity index (χ4n) is 3.55. The maximum Gasteiger partial charge on any atom is 0.255 e. The average Bonchev–Trinajstić information content (AvgIpc) is 2.68. The Hall–Kier alpha value is -1.70. The van der Waals surface area contributed by atoms with Gasteiger partial charge in [-0.15, -0.1) is 0 Å². The second-order valence-electron chi connectivity index (χ2n) is 7.16. The number of hydrogen-bond donors (Lipinski definition) is 3. The standard InChI is InChI=1S/C19H28ClN3O4/c1-2-3-5-23-6-4-12(15(24)11-23)10-22-19(25)13-9-14(20)16(21)18-17(13)26-7-8-27-18/h9,12,15,24H,2-8,10-11,21H2,1H3,(H,22,25). The zero-order valence-corrected chi connectivity index (χ0v) is 16.4. The zero-order valence-electron chi connectivity index (χ0n) is 15.7. The molecule has 150 valence electrons. The third kappa shape index (κ3) is 4.59. The molecular weight excluding hydrogens is 370 g/mol. The third-order valence-corrected chi connectivity index (χ3v) is 5.52. The van der Waals surface area contributed by atoms with E-state index in [2.05, 4.69) is 17.1 Å². The van der Waals surface area contributed by atoms with Gasteiger partial charge in [0, 0.05) is 19.0 Å². The van der Waals surface area contributed by atoms with Gasteiger partial charge in [-0.05, 0) is 32.0 Å². The van der Waals surface area contributed by atoms with E-state index in [1.165, 1.54) is 6.07 Å². The number of ether oxygens (including phenoxy) is 2. The number of aliphatic hydroxyl groups is 1. The van der Waals surface area contributed by atoms with Crippen LogP contribution in [-0.4, -0.2) is 61.4 Å². The molecule has 1 aromatic rings. The van der Waals surface area contributed by atoms with Crippen molar-refractivity contribution in [2.75, 3.05) is 45.1 Å². The Labute approximate surface area is 164 Å². The molecule has 27 heavy (non-hydrogen) atoms. The van der Waals surface area contributed by atoms with Gasteiger partial charge < -0.3 is 30.5 Å². The van der Waals surface area contributed by atoms with Crippen molar-refractivity contribution in [1.82, 2.24) is 10.2 Å². The molecular formula is C19H28ClN3O4. The van der Waals surface area contributed by atoms with Crippen LogP contribution in [0.2, 0.25) is 5.02 Å². The van der Waals surface area contributed by atoms with Crippen LogP contribution in [-0.2, 0) is 0 Å². The van der Waals surface area contributed by atoms with Gasteiger partial charge in [0.25, 0.3) is 5.91 Å². The first-order valence-corrected chi connectivity index (χ1v) is 9.95. The Morgan fingerprint density at radius 1 is 1.41 bits per heavy atom. The molecule has 2 unspecified atom stereocenters. The number of aliphatic hydroxyl groups excluding tert-OH is 1. The number of benzene rings is 1. The number of rotatable bonds is 6. The van der Waals surface area contributed by atoms with Crippen LogP contribution >= 0.6 is 11.6 Å². The monoisotopic (exact) mass is 397 g/mol. The smallest absolute Gasteiger partial charge is 0.255 e. The van der Waals surface area contributed by atoms with Crippen LogP contribution in [0.3, 0.4) is 0 Å². The van der Waals surface area contributed by atoms with Gasteiger partial charge in [0.1, 0.15) is 13.2 Å². The predicted molar refractivity (Wildman–Crippen MR) is 105 cm³/mol. The van der Waals surface area contributed by atoms with E-state index in [4.69, 9.17) is 26.8 Å². The number of piperidine rings is 1. The molecule has 2 aliphatic heterocycles. The lowest BCUT2D eigenvalue weighted by Gasteiger charge is -2.36. The van der Waals surface area contributed by atoms with E-state index in [0.29, 0.717) is 43.4 Å². The summed E-state index contributed by atoms with van der Waals surface area (Å²) < 4.78 is 11.1. The highest BCUT2D eigenvalue weighted by atomic mass is 35.5. The Morgan fingerprint density at radius 3 is 2.85 bits per heavy atom. The number of β-amino-alcohol motifs (C(OH)–C–C–N with tert-alkyl or cyclic N) is 1. The predicted octanol–water partition coefficient (Wildman–Crippen LogP) is 1.91. The number of carbonyl (C=O) groups is 1. The van der Waals surface area contributed by atoms with E-state index >= 15 is 0 Å². The molecule has 7 nitrogen and oxygen atoms in total. The van der Waals surface area contributed by atoms with Crippen molar-refractivity contribution < 1.29 is 19.4 Å². The molecule has 2 heterocycles. The SMILES string of the molecule is CCCCN1CCC(CNC(=O)c2cc(Cl)c(N)c3c2OCCO3)C(O)C1. The Bertz CT molecular complexity index is 685. The highest BCUT2D eigenvalue weighted by Crippen LogP contribution is 2.43. The van der Waals surface area contributed by atoms with Crippen LogP contribution in [0.4, 0.5) is 5.69 Å². The van der Waals surface area contributed by atoms with Crippen molar-refractivity contribution in [2.24, 2.45) is 5.92 Å². The van der Waals surface area contributed by atoms with Crippen LogP contribution in [0, 0.1) is 5.92 Å². The molecule has 0 radical (unpaired) electrons. The number of fused-ring (bicyclic) bond motifs is 1. The Kier molecular flexibility index (Phi) is 6.68. The number of nitrogens with zero attached hydrogens (tertiary/aromatic N) is 1. The topological polar surface area (TPSA) is 97.1 Å². The lowest BCUT2D eigenvalue weighted by Crippen LogP contribution is -2.47. The number of nitrogen functional groups attached to an aromatic ring is 1. The van der Waals surface area contributed by atoms with Crippen molar-refractivity contribution in [2.45, 2.75) is 32.3 Å². The van der Waals surface area contributed by atoms with Gasteiger partial charge in [-0.3, -0.25) is 4.79 Å². The molecule has 2 aliphatic rings. The molecule has 1 amide bonds. The number of anilines is 1. The minimum Gasteiger partial charge on any atom is -0.485 e. The Morgan fingerprint density at radius 2 is 2.15 bits per heavy atom. The summed E-state index contributed by atoms with van der Waals surface area (Å²) in [6.07, 6.45) is 2.69. The summed E-state index contributed by atoms with van der Waals surface area (Å²) in [5.41, 5.74) is 6.50. The van der Waals surface area contributed by atoms with Crippen LogP contribution < -0.4 is 20.5 Å². The zero-order chi connectivity index (χ0) is 19.4.